The topological polar surface area (TPSA) is 92.7 Å². The predicted octanol–water partition coefficient (Wildman–Crippen LogP) is 2.79. The molecule has 1 N–H and O–H groups in total. The van der Waals surface area contributed by atoms with Crippen LogP contribution < -0.4 is 0 Å². The van der Waals surface area contributed by atoms with E-state index in [9.17, 15) is 9.46 Å². The number of rotatable bonds is 20. The second-order valence-corrected chi connectivity index (χ2v) is 6.75. The standard InChI is InChI=1S/C16H35O8P/c1-3-5-7-19-9-11-21-13-15-23-25(17,18)24-16-14-22-12-10-20-8-6-4-2/h3-16H2,1-2H3,(H,17,18). The van der Waals surface area contributed by atoms with Gasteiger partial charge in [-0.05, 0) is 12.8 Å². The van der Waals surface area contributed by atoms with Crippen LogP contribution in [0.25, 0.3) is 0 Å². The Morgan fingerprint density at radius 3 is 1.28 bits per heavy atom. The highest BCUT2D eigenvalue weighted by molar-refractivity contribution is 7.47. The van der Waals surface area contributed by atoms with E-state index in [1.165, 1.54) is 0 Å². The molecule has 152 valence electrons. The van der Waals surface area contributed by atoms with Gasteiger partial charge in [-0.25, -0.2) is 4.57 Å². The first kappa shape index (κ1) is 24.9. The van der Waals surface area contributed by atoms with Crippen LogP contribution in [0.3, 0.4) is 0 Å². The molecule has 0 saturated carbocycles. The lowest BCUT2D eigenvalue weighted by molar-refractivity contribution is 0.0196. The summed E-state index contributed by atoms with van der Waals surface area (Å²) in [7, 11) is -4.06. The maximum Gasteiger partial charge on any atom is 0.472 e. The van der Waals surface area contributed by atoms with E-state index in [0.29, 0.717) is 26.4 Å². The number of phosphoric acid groups is 1. The summed E-state index contributed by atoms with van der Waals surface area (Å²) in [5.74, 6) is 0. The Kier molecular flexibility index (Phi) is 18.7. The van der Waals surface area contributed by atoms with Gasteiger partial charge in [0.25, 0.3) is 0 Å². The lowest BCUT2D eigenvalue weighted by Crippen LogP contribution is -2.11. The highest BCUT2D eigenvalue weighted by Crippen LogP contribution is 2.42. The number of hydrogen-bond acceptors (Lipinski definition) is 7. The van der Waals surface area contributed by atoms with Crippen molar-refractivity contribution < 1.29 is 37.5 Å². The fourth-order valence-corrected chi connectivity index (χ4v) is 2.28. The highest BCUT2D eigenvalue weighted by atomic mass is 31.2. The van der Waals surface area contributed by atoms with Gasteiger partial charge in [-0.3, -0.25) is 9.05 Å². The molecule has 0 saturated heterocycles. The summed E-state index contributed by atoms with van der Waals surface area (Å²) in [6.07, 6.45) is 4.25. The molecule has 9 heteroatoms. The third-order valence-electron chi connectivity index (χ3n) is 2.99. The lowest BCUT2D eigenvalue weighted by atomic mass is 10.4. The third kappa shape index (κ3) is 20.1. The van der Waals surface area contributed by atoms with Crippen molar-refractivity contribution in [1.29, 1.82) is 0 Å². The first-order valence-corrected chi connectivity index (χ1v) is 10.5. The summed E-state index contributed by atoms with van der Waals surface area (Å²) in [4.78, 5) is 9.46. The summed E-state index contributed by atoms with van der Waals surface area (Å²) in [6.45, 7) is 7.89. The average molecular weight is 386 g/mol. The first-order valence-electron chi connectivity index (χ1n) is 9.05. The summed E-state index contributed by atoms with van der Waals surface area (Å²) in [5.41, 5.74) is 0. The summed E-state index contributed by atoms with van der Waals surface area (Å²) in [6, 6.07) is 0. The fourth-order valence-electron chi connectivity index (χ4n) is 1.60. The van der Waals surface area contributed by atoms with E-state index in [4.69, 9.17) is 28.0 Å². The van der Waals surface area contributed by atoms with Crippen molar-refractivity contribution >= 4 is 7.82 Å². The molecule has 0 fully saturated rings. The van der Waals surface area contributed by atoms with Gasteiger partial charge < -0.3 is 23.8 Å². The van der Waals surface area contributed by atoms with Crippen molar-refractivity contribution in [3.63, 3.8) is 0 Å². The van der Waals surface area contributed by atoms with E-state index in [2.05, 4.69) is 13.8 Å². The van der Waals surface area contributed by atoms with Gasteiger partial charge in [0.2, 0.25) is 0 Å². The van der Waals surface area contributed by atoms with Crippen LogP contribution in [0.4, 0.5) is 0 Å². The van der Waals surface area contributed by atoms with Crippen molar-refractivity contribution in [3.8, 4) is 0 Å². The molecule has 0 aromatic heterocycles. The molecular weight excluding hydrogens is 351 g/mol. The van der Waals surface area contributed by atoms with Crippen molar-refractivity contribution in [1.82, 2.24) is 0 Å². The Bertz CT molecular complexity index is 291. The van der Waals surface area contributed by atoms with Gasteiger partial charge in [0, 0.05) is 13.2 Å². The zero-order chi connectivity index (χ0) is 18.6. The van der Waals surface area contributed by atoms with Gasteiger partial charge in [0.05, 0.1) is 52.9 Å². The number of unbranched alkanes of at least 4 members (excludes halogenated alkanes) is 2. The highest BCUT2D eigenvalue weighted by Gasteiger charge is 2.20. The molecule has 0 aliphatic heterocycles. The van der Waals surface area contributed by atoms with Crippen LogP contribution in [0.15, 0.2) is 0 Å². The maximum atomic E-state index is 11.6. The Morgan fingerprint density at radius 2 is 0.920 bits per heavy atom. The van der Waals surface area contributed by atoms with Crippen LogP contribution in [0.5, 0.6) is 0 Å². The molecule has 8 nitrogen and oxygen atoms in total. The molecule has 0 aromatic rings. The molecule has 0 aliphatic rings. The Balaban J connectivity index is 3.34. The molecule has 0 bridgehead atoms. The number of phosphoric ester groups is 1. The van der Waals surface area contributed by atoms with Gasteiger partial charge in [-0.2, -0.15) is 0 Å². The van der Waals surface area contributed by atoms with E-state index in [1.807, 2.05) is 0 Å². The molecule has 0 rings (SSSR count). The van der Waals surface area contributed by atoms with Crippen LogP contribution in [-0.4, -0.2) is 71.0 Å². The average Bonchev–Trinajstić information content (AvgIpc) is 2.59. The molecule has 0 spiro atoms. The largest absolute Gasteiger partial charge is 0.472 e. The Labute approximate surface area is 151 Å². The molecular formula is C16H35O8P. The van der Waals surface area contributed by atoms with Crippen molar-refractivity contribution in [2.75, 3.05) is 66.1 Å². The molecule has 0 aromatic carbocycles. The van der Waals surface area contributed by atoms with Crippen LogP contribution in [0.2, 0.25) is 0 Å². The minimum Gasteiger partial charge on any atom is -0.379 e. The maximum absolute atomic E-state index is 11.6. The lowest BCUT2D eigenvalue weighted by Gasteiger charge is -2.12. The zero-order valence-corrected chi connectivity index (χ0v) is 16.5. The quantitative estimate of drug-likeness (QED) is 0.252. The van der Waals surface area contributed by atoms with Crippen molar-refractivity contribution in [3.05, 3.63) is 0 Å². The van der Waals surface area contributed by atoms with Crippen LogP contribution in [0, 0.1) is 0 Å². The summed E-state index contributed by atoms with van der Waals surface area (Å²) in [5, 5.41) is 0. The van der Waals surface area contributed by atoms with Crippen molar-refractivity contribution in [2.24, 2.45) is 0 Å². The summed E-state index contributed by atoms with van der Waals surface area (Å²) < 4.78 is 42.3. The second-order valence-electron chi connectivity index (χ2n) is 5.29. The number of ether oxygens (including phenoxy) is 4. The SMILES string of the molecule is CCCCOCCOCCOP(=O)(O)OCCOCCOCCCC. The zero-order valence-electron chi connectivity index (χ0n) is 15.7. The second kappa shape index (κ2) is 18.7. The molecule has 0 amide bonds. The molecule has 0 atom stereocenters. The number of hydrogen-bond donors (Lipinski definition) is 1. The van der Waals surface area contributed by atoms with E-state index >= 15 is 0 Å². The van der Waals surface area contributed by atoms with E-state index in [0.717, 1.165) is 38.9 Å². The first-order chi connectivity index (χ1) is 12.1. The van der Waals surface area contributed by atoms with Crippen LogP contribution in [-0.2, 0) is 32.6 Å². The molecule has 0 unspecified atom stereocenters. The van der Waals surface area contributed by atoms with E-state index < -0.39 is 7.82 Å². The molecule has 25 heavy (non-hydrogen) atoms. The van der Waals surface area contributed by atoms with Gasteiger partial charge in [-0.1, -0.05) is 26.7 Å². The molecule has 0 heterocycles. The molecule has 0 aliphatic carbocycles. The van der Waals surface area contributed by atoms with Gasteiger partial charge in [0.15, 0.2) is 0 Å². The third-order valence-corrected chi connectivity index (χ3v) is 4.01. The van der Waals surface area contributed by atoms with E-state index in [-0.39, 0.29) is 26.4 Å². The minimum atomic E-state index is -4.06. The normalized spacial score (nSPS) is 12.0. The van der Waals surface area contributed by atoms with Crippen molar-refractivity contribution in [2.45, 2.75) is 39.5 Å². The molecule has 0 radical (unpaired) electrons. The summed E-state index contributed by atoms with van der Waals surface area (Å²) >= 11 is 0. The predicted molar refractivity (Wildman–Crippen MR) is 94.8 cm³/mol. The van der Waals surface area contributed by atoms with Gasteiger partial charge in [-0.15, -0.1) is 0 Å². The van der Waals surface area contributed by atoms with Gasteiger partial charge in [0.1, 0.15) is 0 Å². The Morgan fingerprint density at radius 1 is 0.600 bits per heavy atom. The Hall–Kier alpha value is -0.0500. The van der Waals surface area contributed by atoms with Gasteiger partial charge >= 0.3 is 7.82 Å². The monoisotopic (exact) mass is 386 g/mol. The van der Waals surface area contributed by atoms with E-state index in [1.54, 1.807) is 0 Å². The smallest absolute Gasteiger partial charge is 0.379 e. The fraction of sp³-hybridized carbons (Fsp3) is 1.00. The minimum absolute atomic E-state index is 0.0190. The van der Waals surface area contributed by atoms with Crippen LogP contribution in [0.1, 0.15) is 39.5 Å². The van der Waals surface area contributed by atoms with Crippen LogP contribution >= 0.6 is 7.82 Å².